The van der Waals surface area contributed by atoms with Gasteiger partial charge in [0.05, 0.1) is 0 Å². The number of rotatable bonds is 2. The van der Waals surface area contributed by atoms with Gasteiger partial charge in [0.2, 0.25) is 0 Å². The van der Waals surface area contributed by atoms with Crippen molar-refractivity contribution in [2.45, 2.75) is 20.8 Å². The van der Waals surface area contributed by atoms with Crippen molar-refractivity contribution < 1.29 is 9.18 Å². The number of halogens is 1. The zero-order valence-corrected chi connectivity index (χ0v) is 12.8. The molecular weight excluding hydrogens is 279 g/mol. The van der Waals surface area contributed by atoms with Crippen LogP contribution in [0.5, 0.6) is 0 Å². The van der Waals surface area contributed by atoms with Gasteiger partial charge in [-0.05, 0) is 62.2 Å². The highest BCUT2D eigenvalue weighted by Crippen LogP contribution is 2.23. The van der Waals surface area contributed by atoms with E-state index in [1.54, 1.807) is 25.1 Å². The van der Waals surface area contributed by atoms with E-state index in [9.17, 15) is 9.18 Å². The van der Waals surface area contributed by atoms with E-state index in [0.717, 1.165) is 22.2 Å². The summed E-state index contributed by atoms with van der Waals surface area (Å²) < 4.78 is 13.5. The Morgan fingerprint density at radius 3 is 2.59 bits per heavy atom. The summed E-state index contributed by atoms with van der Waals surface area (Å²) in [4.78, 5) is 15.6. The number of H-pyrrole nitrogens is 1. The molecule has 1 amide bonds. The van der Waals surface area contributed by atoms with Gasteiger partial charge >= 0.3 is 0 Å². The van der Waals surface area contributed by atoms with E-state index < -0.39 is 0 Å². The fraction of sp³-hybridized carbons (Fsp3) is 0.167. The predicted molar refractivity (Wildman–Crippen MR) is 86.9 cm³/mol. The van der Waals surface area contributed by atoms with E-state index in [0.29, 0.717) is 16.8 Å². The fourth-order valence-electron chi connectivity index (χ4n) is 2.48. The van der Waals surface area contributed by atoms with Crippen LogP contribution in [0, 0.1) is 26.6 Å². The molecular formula is C18H17FN2O. The van der Waals surface area contributed by atoms with Gasteiger partial charge in [-0.3, -0.25) is 4.79 Å². The van der Waals surface area contributed by atoms with Crippen molar-refractivity contribution in [1.82, 2.24) is 4.98 Å². The average molecular weight is 296 g/mol. The Hall–Kier alpha value is -2.62. The Morgan fingerprint density at radius 2 is 1.86 bits per heavy atom. The average Bonchev–Trinajstić information content (AvgIpc) is 2.78. The lowest BCUT2D eigenvalue weighted by Gasteiger charge is -2.07. The van der Waals surface area contributed by atoms with Crippen LogP contribution in [0.15, 0.2) is 36.4 Å². The molecule has 0 aliphatic rings. The quantitative estimate of drug-likeness (QED) is 0.719. The standard InChI is InChI=1S/C18H17FN2O/c1-10-4-6-14(9-16(10)19)21-18(22)13-5-7-17-15(8-13)11(2)12(3)20-17/h4-9,20H,1-3H3,(H,21,22). The molecule has 3 aromatic rings. The number of benzene rings is 2. The lowest BCUT2D eigenvalue weighted by Crippen LogP contribution is -2.12. The summed E-state index contributed by atoms with van der Waals surface area (Å²) in [6.45, 7) is 5.71. The molecule has 0 unspecified atom stereocenters. The first kappa shape index (κ1) is 14.3. The van der Waals surface area contributed by atoms with Gasteiger partial charge in [0.25, 0.3) is 5.91 Å². The molecule has 22 heavy (non-hydrogen) atoms. The molecule has 0 bridgehead atoms. The molecule has 0 spiro atoms. The van der Waals surface area contributed by atoms with E-state index in [1.807, 2.05) is 26.0 Å². The van der Waals surface area contributed by atoms with Gasteiger partial charge in [0.15, 0.2) is 0 Å². The topological polar surface area (TPSA) is 44.9 Å². The number of hydrogen-bond acceptors (Lipinski definition) is 1. The van der Waals surface area contributed by atoms with Crippen molar-refractivity contribution in [2.75, 3.05) is 5.32 Å². The summed E-state index contributed by atoms with van der Waals surface area (Å²) in [6.07, 6.45) is 0. The lowest BCUT2D eigenvalue weighted by atomic mass is 10.1. The van der Waals surface area contributed by atoms with E-state index in [-0.39, 0.29) is 11.7 Å². The highest BCUT2D eigenvalue weighted by molar-refractivity contribution is 6.06. The number of carbonyl (C=O) groups is 1. The molecule has 2 N–H and O–H groups in total. The largest absolute Gasteiger partial charge is 0.358 e. The molecule has 1 heterocycles. The fourth-order valence-corrected chi connectivity index (χ4v) is 2.48. The van der Waals surface area contributed by atoms with E-state index in [2.05, 4.69) is 10.3 Å². The van der Waals surface area contributed by atoms with Crippen LogP contribution < -0.4 is 5.32 Å². The van der Waals surface area contributed by atoms with Crippen LogP contribution in [0.1, 0.15) is 27.2 Å². The van der Waals surface area contributed by atoms with Crippen LogP contribution >= 0.6 is 0 Å². The third-order valence-corrected chi connectivity index (χ3v) is 4.00. The van der Waals surface area contributed by atoms with Crippen molar-refractivity contribution in [3.63, 3.8) is 0 Å². The summed E-state index contributed by atoms with van der Waals surface area (Å²) in [6, 6.07) is 10.2. The highest BCUT2D eigenvalue weighted by atomic mass is 19.1. The number of aromatic nitrogens is 1. The summed E-state index contributed by atoms with van der Waals surface area (Å²) in [7, 11) is 0. The number of fused-ring (bicyclic) bond motifs is 1. The molecule has 0 radical (unpaired) electrons. The SMILES string of the molecule is Cc1ccc(NC(=O)c2ccc3[nH]c(C)c(C)c3c2)cc1F. The van der Waals surface area contributed by atoms with Crippen LogP contribution in [-0.2, 0) is 0 Å². The number of hydrogen-bond donors (Lipinski definition) is 2. The van der Waals surface area contributed by atoms with E-state index in [1.165, 1.54) is 6.07 Å². The maximum atomic E-state index is 13.5. The van der Waals surface area contributed by atoms with Gasteiger partial charge < -0.3 is 10.3 Å². The smallest absolute Gasteiger partial charge is 0.255 e. The Balaban J connectivity index is 1.91. The predicted octanol–water partition coefficient (Wildman–Crippen LogP) is 4.48. The molecule has 0 saturated heterocycles. The molecule has 2 aromatic carbocycles. The lowest BCUT2D eigenvalue weighted by molar-refractivity contribution is 0.102. The zero-order chi connectivity index (χ0) is 15.9. The third-order valence-electron chi connectivity index (χ3n) is 4.00. The number of aromatic amines is 1. The van der Waals surface area contributed by atoms with Crippen LogP contribution in [0.3, 0.4) is 0 Å². The van der Waals surface area contributed by atoms with Crippen LogP contribution in [0.2, 0.25) is 0 Å². The molecule has 0 saturated carbocycles. The maximum absolute atomic E-state index is 13.5. The first-order chi connectivity index (χ1) is 10.5. The van der Waals surface area contributed by atoms with Crippen molar-refractivity contribution in [3.05, 3.63) is 64.6 Å². The molecule has 3 rings (SSSR count). The van der Waals surface area contributed by atoms with E-state index in [4.69, 9.17) is 0 Å². The number of nitrogens with one attached hydrogen (secondary N) is 2. The minimum atomic E-state index is -0.328. The Morgan fingerprint density at radius 1 is 1.09 bits per heavy atom. The third kappa shape index (κ3) is 2.48. The van der Waals surface area contributed by atoms with Crippen molar-refractivity contribution in [1.29, 1.82) is 0 Å². The van der Waals surface area contributed by atoms with Gasteiger partial charge in [0, 0.05) is 27.8 Å². The molecule has 4 heteroatoms. The Bertz CT molecular complexity index is 880. The summed E-state index contributed by atoms with van der Waals surface area (Å²) >= 11 is 0. The summed E-state index contributed by atoms with van der Waals surface area (Å²) in [5.74, 6) is -0.575. The van der Waals surface area contributed by atoms with Gasteiger partial charge in [-0.15, -0.1) is 0 Å². The molecule has 112 valence electrons. The molecule has 0 atom stereocenters. The first-order valence-corrected chi connectivity index (χ1v) is 7.12. The Labute approximate surface area is 128 Å². The monoisotopic (exact) mass is 296 g/mol. The second-order valence-corrected chi connectivity index (χ2v) is 5.55. The molecule has 0 aliphatic carbocycles. The Kier molecular flexibility index (Phi) is 3.45. The summed E-state index contributed by atoms with van der Waals surface area (Å²) in [5.41, 5.74) is 4.79. The second kappa shape index (κ2) is 5.30. The van der Waals surface area contributed by atoms with Crippen LogP contribution in [0.4, 0.5) is 10.1 Å². The van der Waals surface area contributed by atoms with Gasteiger partial charge in [-0.2, -0.15) is 0 Å². The van der Waals surface area contributed by atoms with E-state index >= 15 is 0 Å². The maximum Gasteiger partial charge on any atom is 0.255 e. The number of carbonyl (C=O) groups excluding carboxylic acids is 1. The van der Waals surface area contributed by atoms with Gasteiger partial charge in [-0.1, -0.05) is 6.07 Å². The molecule has 0 fully saturated rings. The van der Waals surface area contributed by atoms with Crippen molar-refractivity contribution >= 4 is 22.5 Å². The second-order valence-electron chi connectivity index (χ2n) is 5.55. The minimum Gasteiger partial charge on any atom is -0.358 e. The van der Waals surface area contributed by atoms with Crippen molar-refractivity contribution in [3.8, 4) is 0 Å². The first-order valence-electron chi connectivity index (χ1n) is 7.12. The van der Waals surface area contributed by atoms with Crippen molar-refractivity contribution in [2.24, 2.45) is 0 Å². The normalized spacial score (nSPS) is 10.9. The number of anilines is 1. The van der Waals surface area contributed by atoms with Gasteiger partial charge in [-0.25, -0.2) is 4.39 Å². The van der Waals surface area contributed by atoms with Crippen LogP contribution in [-0.4, -0.2) is 10.9 Å². The number of amides is 1. The zero-order valence-electron chi connectivity index (χ0n) is 12.8. The number of aryl methyl sites for hydroxylation is 3. The molecule has 1 aromatic heterocycles. The minimum absolute atomic E-state index is 0.247. The molecule has 3 nitrogen and oxygen atoms in total. The van der Waals surface area contributed by atoms with Crippen LogP contribution in [0.25, 0.3) is 10.9 Å². The molecule has 0 aliphatic heterocycles. The summed E-state index contributed by atoms with van der Waals surface area (Å²) in [5, 5.41) is 3.76. The van der Waals surface area contributed by atoms with Gasteiger partial charge in [0.1, 0.15) is 5.82 Å². The highest BCUT2D eigenvalue weighted by Gasteiger charge is 2.11.